The highest BCUT2D eigenvalue weighted by Crippen LogP contribution is 2.09. The number of carbonyl (C=O) groups is 3. The van der Waals surface area contributed by atoms with E-state index in [-0.39, 0.29) is 41.3 Å². The number of amides is 1. The molecule has 0 radical (unpaired) electrons. The zero-order valence-electron chi connectivity index (χ0n) is 18.2. The van der Waals surface area contributed by atoms with E-state index in [0.29, 0.717) is 45.7 Å². The molecule has 6 heteroatoms. The molecule has 0 saturated carbocycles. The highest BCUT2D eigenvalue weighted by molar-refractivity contribution is 5.80. The van der Waals surface area contributed by atoms with Gasteiger partial charge in [-0.2, -0.15) is 0 Å². The van der Waals surface area contributed by atoms with Gasteiger partial charge in [-0.3, -0.25) is 14.4 Å². The Morgan fingerprint density at radius 3 is 1.52 bits per heavy atom. The number of ketones is 2. The second kappa shape index (κ2) is 13.8. The SMILES string of the molecule is CC(C)CC(=O)N(C)C(COCCC(=O)C(C)C)COCCC(=O)C(C)C. The van der Waals surface area contributed by atoms with Gasteiger partial charge in [-0.05, 0) is 5.92 Å². The summed E-state index contributed by atoms with van der Waals surface area (Å²) in [5.74, 6) is 0.648. The summed E-state index contributed by atoms with van der Waals surface area (Å²) in [4.78, 5) is 37.4. The number of carbonyl (C=O) groups excluding carboxylic acids is 3. The molecule has 6 nitrogen and oxygen atoms in total. The van der Waals surface area contributed by atoms with E-state index in [1.165, 1.54) is 0 Å². The fourth-order valence-corrected chi connectivity index (χ4v) is 2.33. The van der Waals surface area contributed by atoms with Gasteiger partial charge in [0, 0.05) is 38.1 Å². The average molecular weight is 386 g/mol. The lowest BCUT2D eigenvalue weighted by Gasteiger charge is -2.28. The van der Waals surface area contributed by atoms with Crippen LogP contribution in [0.2, 0.25) is 0 Å². The van der Waals surface area contributed by atoms with E-state index >= 15 is 0 Å². The molecule has 0 rings (SSSR count). The van der Waals surface area contributed by atoms with Crippen LogP contribution in [-0.2, 0) is 23.9 Å². The molecule has 0 spiro atoms. The lowest BCUT2D eigenvalue weighted by molar-refractivity contribution is -0.136. The fraction of sp³-hybridized carbons (Fsp3) is 0.857. The van der Waals surface area contributed by atoms with Gasteiger partial charge in [0.25, 0.3) is 0 Å². The topological polar surface area (TPSA) is 72.9 Å². The third-order valence-corrected chi connectivity index (χ3v) is 4.42. The molecule has 0 aromatic carbocycles. The quantitative estimate of drug-likeness (QED) is 0.405. The molecule has 0 aromatic rings. The Labute approximate surface area is 165 Å². The van der Waals surface area contributed by atoms with Crippen LogP contribution in [0.15, 0.2) is 0 Å². The summed E-state index contributed by atoms with van der Waals surface area (Å²) < 4.78 is 11.3. The van der Waals surface area contributed by atoms with E-state index in [4.69, 9.17) is 9.47 Å². The van der Waals surface area contributed by atoms with Crippen LogP contribution < -0.4 is 0 Å². The van der Waals surface area contributed by atoms with Crippen molar-refractivity contribution >= 4 is 17.5 Å². The number of hydrogen-bond acceptors (Lipinski definition) is 5. The molecule has 0 aliphatic heterocycles. The van der Waals surface area contributed by atoms with Crippen LogP contribution in [0.3, 0.4) is 0 Å². The Hall–Kier alpha value is -1.27. The monoisotopic (exact) mass is 385 g/mol. The largest absolute Gasteiger partial charge is 0.379 e. The zero-order chi connectivity index (χ0) is 21.0. The van der Waals surface area contributed by atoms with E-state index in [2.05, 4.69) is 0 Å². The third-order valence-electron chi connectivity index (χ3n) is 4.42. The maximum absolute atomic E-state index is 12.4. The van der Waals surface area contributed by atoms with Crippen LogP contribution in [0.1, 0.15) is 60.8 Å². The Morgan fingerprint density at radius 1 is 0.778 bits per heavy atom. The van der Waals surface area contributed by atoms with Gasteiger partial charge in [-0.15, -0.1) is 0 Å². The molecule has 0 atom stereocenters. The second-order valence-corrected chi connectivity index (χ2v) is 8.15. The normalized spacial score (nSPS) is 11.7. The second-order valence-electron chi connectivity index (χ2n) is 8.15. The maximum atomic E-state index is 12.4. The molecule has 0 saturated heterocycles. The highest BCUT2D eigenvalue weighted by atomic mass is 16.5. The van der Waals surface area contributed by atoms with Crippen LogP contribution in [0.5, 0.6) is 0 Å². The molecule has 0 bridgehead atoms. The van der Waals surface area contributed by atoms with Gasteiger partial charge >= 0.3 is 0 Å². The summed E-state index contributed by atoms with van der Waals surface area (Å²) in [5.41, 5.74) is 0. The Bertz CT molecular complexity index is 431. The van der Waals surface area contributed by atoms with Crippen LogP contribution in [-0.4, -0.2) is 61.9 Å². The Morgan fingerprint density at radius 2 is 1.19 bits per heavy atom. The zero-order valence-corrected chi connectivity index (χ0v) is 18.2. The molecular formula is C21H39NO5. The molecule has 158 valence electrons. The first kappa shape index (κ1) is 25.7. The van der Waals surface area contributed by atoms with E-state index < -0.39 is 0 Å². The van der Waals surface area contributed by atoms with Gasteiger partial charge < -0.3 is 14.4 Å². The first-order valence-corrected chi connectivity index (χ1v) is 10.0. The number of nitrogens with zero attached hydrogens (tertiary/aromatic N) is 1. The van der Waals surface area contributed by atoms with Crippen LogP contribution >= 0.6 is 0 Å². The van der Waals surface area contributed by atoms with Crippen molar-refractivity contribution in [2.75, 3.05) is 33.5 Å². The lowest BCUT2D eigenvalue weighted by Crippen LogP contribution is -2.43. The molecule has 0 heterocycles. The summed E-state index contributed by atoms with van der Waals surface area (Å²) in [6.45, 7) is 12.8. The van der Waals surface area contributed by atoms with Crippen molar-refractivity contribution in [3.63, 3.8) is 0 Å². The average Bonchev–Trinajstić information content (AvgIpc) is 2.58. The minimum atomic E-state index is -0.237. The fourth-order valence-electron chi connectivity index (χ4n) is 2.33. The Kier molecular flexibility index (Phi) is 13.2. The Balaban J connectivity index is 4.54. The summed E-state index contributed by atoms with van der Waals surface area (Å²) in [7, 11) is 1.75. The molecule has 0 aromatic heterocycles. The minimum absolute atomic E-state index is 0.00141. The molecule has 0 fully saturated rings. The van der Waals surface area contributed by atoms with Crippen LogP contribution in [0.25, 0.3) is 0 Å². The van der Waals surface area contributed by atoms with Gasteiger partial charge in [-0.25, -0.2) is 0 Å². The van der Waals surface area contributed by atoms with Crippen molar-refractivity contribution < 1.29 is 23.9 Å². The standard InChI is InChI=1S/C21H39NO5/c1-15(2)12-21(25)22(7)18(13-26-10-8-19(23)16(3)4)14-27-11-9-20(24)17(5)6/h15-18H,8-14H2,1-7H3. The van der Waals surface area contributed by atoms with Crippen molar-refractivity contribution in [2.24, 2.45) is 17.8 Å². The number of ether oxygens (including phenoxy) is 2. The van der Waals surface area contributed by atoms with Gasteiger partial charge in [-0.1, -0.05) is 41.5 Å². The smallest absolute Gasteiger partial charge is 0.222 e. The summed E-state index contributed by atoms with van der Waals surface area (Å²) in [5, 5.41) is 0. The molecule has 0 unspecified atom stereocenters. The van der Waals surface area contributed by atoms with Gasteiger partial charge in [0.15, 0.2) is 0 Å². The first-order chi connectivity index (χ1) is 12.6. The minimum Gasteiger partial charge on any atom is -0.379 e. The van der Waals surface area contributed by atoms with Crippen molar-refractivity contribution in [2.45, 2.75) is 66.8 Å². The molecule has 0 N–H and O–H groups in total. The number of rotatable bonds is 15. The highest BCUT2D eigenvalue weighted by Gasteiger charge is 2.21. The lowest BCUT2D eigenvalue weighted by atomic mass is 10.1. The molecule has 27 heavy (non-hydrogen) atoms. The van der Waals surface area contributed by atoms with Gasteiger partial charge in [0.1, 0.15) is 11.6 Å². The summed E-state index contributed by atoms with van der Waals surface area (Å²) >= 11 is 0. The molecule has 0 aliphatic rings. The number of hydrogen-bond donors (Lipinski definition) is 0. The van der Waals surface area contributed by atoms with E-state index in [1.807, 2.05) is 41.5 Å². The number of likely N-dealkylation sites (N-methyl/N-ethyl adjacent to an activating group) is 1. The molecule has 1 amide bonds. The van der Waals surface area contributed by atoms with E-state index in [0.717, 1.165) is 0 Å². The van der Waals surface area contributed by atoms with Gasteiger partial charge in [0.05, 0.1) is 32.5 Å². The van der Waals surface area contributed by atoms with Gasteiger partial charge in [0.2, 0.25) is 5.91 Å². The van der Waals surface area contributed by atoms with Crippen LogP contribution in [0.4, 0.5) is 0 Å². The maximum Gasteiger partial charge on any atom is 0.222 e. The van der Waals surface area contributed by atoms with Crippen molar-refractivity contribution in [1.29, 1.82) is 0 Å². The van der Waals surface area contributed by atoms with Crippen molar-refractivity contribution in [3.8, 4) is 0 Å². The predicted octanol–water partition coefficient (Wildman–Crippen LogP) is 3.12. The van der Waals surface area contributed by atoms with E-state index in [1.54, 1.807) is 11.9 Å². The predicted molar refractivity (Wildman–Crippen MR) is 107 cm³/mol. The first-order valence-electron chi connectivity index (χ1n) is 10.0. The molecular weight excluding hydrogens is 346 g/mol. The third kappa shape index (κ3) is 11.9. The number of Topliss-reactive ketones (excluding diaryl/α,β-unsaturated/α-hetero) is 2. The molecule has 0 aliphatic carbocycles. The summed E-state index contributed by atoms with van der Waals surface area (Å²) in [6.07, 6.45) is 1.21. The van der Waals surface area contributed by atoms with Crippen molar-refractivity contribution in [3.05, 3.63) is 0 Å². The summed E-state index contributed by atoms with van der Waals surface area (Å²) in [6, 6.07) is -0.237. The van der Waals surface area contributed by atoms with E-state index in [9.17, 15) is 14.4 Å². The van der Waals surface area contributed by atoms with Crippen molar-refractivity contribution in [1.82, 2.24) is 4.90 Å². The van der Waals surface area contributed by atoms with Crippen LogP contribution in [0, 0.1) is 17.8 Å².